The van der Waals surface area contributed by atoms with E-state index < -0.39 is 18.1 Å². The molecular formula is C16H9ClF3N3O3. The Balaban J connectivity index is 2.13. The molecule has 0 radical (unpaired) electrons. The van der Waals surface area contributed by atoms with Gasteiger partial charge in [-0.3, -0.25) is 4.98 Å². The summed E-state index contributed by atoms with van der Waals surface area (Å²) in [6, 6.07) is 8.71. The van der Waals surface area contributed by atoms with E-state index in [1.807, 2.05) is 0 Å². The third-order valence-electron chi connectivity index (χ3n) is 3.22. The zero-order chi connectivity index (χ0) is 18.9. The first-order valence-electron chi connectivity index (χ1n) is 7.03. The van der Waals surface area contributed by atoms with E-state index in [0.29, 0.717) is 10.7 Å². The Morgan fingerprint density at radius 1 is 1.19 bits per heavy atom. The molecule has 0 unspecified atom stereocenters. The van der Waals surface area contributed by atoms with E-state index in [4.69, 9.17) is 11.6 Å². The fraction of sp³-hybridized carbons (Fsp3) is 0.0625. The lowest BCUT2D eigenvalue weighted by Gasteiger charge is -2.11. The number of hydrogen-bond acceptors (Lipinski definition) is 4. The molecule has 2 heterocycles. The quantitative estimate of drug-likeness (QED) is 0.731. The summed E-state index contributed by atoms with van der Waals surface area (Å²) in [6.07, 6.45) is -2.71. The van der Waals surface area contributed by atoms with Crippen LogP contribution in [0.5, 0.6) is 5.75 Å². The Morgan fingerprint density at radius 2 is 1.96 bits per heavy atom. The highest BCUT2D eigenvalue weighted by molar-refractivity contribution is 6.30. The number of pyridine rings is 1. The van der Waals surface area contributed by atoms with Crippen LogP contribution in [0.4, 0.5) is 13.2 Å². The molecule has 0 bridgehead atoms. The topological polar surface area (TPSA) is 77.2 Å². The number of alkyl halides is 3. The molecule has 0 atom stereocenters. The third-order valence-corrected chi connectivity index (χ3v) is 3.46. The highest BCUT2D eigenvalue weighted by Gasteiger charge is 2.31. The summed E-state index contributed by atoms with van der Waals surface area (Å²) in [5, 5.41) is 13.5. The lowest BCUT2D eigenvalue weighted by atomic mass is 10.2. The summed E-state index contributed by atoms with van der Waals surface area (Å²) in [5.41, 5.74) is 0.542. The SMILES string of the molecule is O=C(O)c1cc(-c2cncc(OC(F)(F)F)c2)n(-c2cccc(Cl)c2)n1. The van der Waals surface area contributed by atoms with Crippen LogP contribution in [0.15, 0.2) is 48.8 Å². The van der Waals surface area contributed by atoms with Crippen molar-refractivity contribution >= 4 is 17.6 Å². The van der Waals surface area contributed by atoms with Crippen LogP contribution in [0.1, 0.15) is 10.5 Å². The molecule has 1 N–H and O–H groups in total. The van der Waals surface area contributed by atoms with E-state index in [1.165, 1.54) is 23.0 Å². The fourth-order valence-electron chi connectivity index (χ4n) is 2.24. The predicted octanol–water partition coefficient (Wildman–Crippen LogP) is 4.18. The Morgan fingerprint density at radius 3 is 2.62 bits per heavy atom. The number of carbonyl (C=O) groups is 1. The largest absolute Gasteiger partial charge is 0.573 e. The van der Waals surface area contributed by atoms with Crippen LogP contribution >= 0.6 is 11.6 Å². The van der Waals surface area contributed by atoms with Gasteiger partial charge in [-0.15, -0.1) is 13.2 Å². The first-order valence-corrected chi connectivity index (χ1v) is 7.41. The normalized spacial score (nSPS) is 11.4. The predicted molar refractivity (Wildman–Crippen MR) is 85.4 cm³/mol. The number of hydrogen-bond donors (Lipinski definition) is 1. The van der Waals surface area contributed by atoms with Crippen molar-refractivity contribution in [3.8, 4) is 22.7 Å². The van der Waals surface area contributed by atoms with E-state index in [2.05, 4.69) is 14.8 Å². The summed E-state index contributed by atoms with van der Waals surface area (Å²) in [5.74, 6) is -1.83. The van der Waals surface area contributed by atoms with E-state index >= 15 is 0 Å². The molecule has 0 saturated heterocycles. The van der Waals surface area contributed by atoms with Crippen LogP contribution < -0.4 is 4.74 Å². The maximum atomic E-state index is 12.4. The van der Waals surface area contributed by atoms with Gasteiger partial charge in [-0.1, -0.05) is 17.7 Å². The van der Waals surface area contributed by atoms with E-state index in [9.17, 15) is 23.1 Å². The second-order valence-electron chi connectivity index (χ2n) is 5.07. The molecule has 6 nitrogen and oxygen atoms in total. The highest BCUT2D eigenvalue weighted by atomic mass is 35.5. The molecule has 26 heavy (non-hydrogen) atoms. The van der Waals surface area contributed by atoms with Gasteiger partial charge in [0.25, 0.3) is 0 Å². The van der Waals surface area contributed by atoms with Crippen LogP contribution in [-0.4, -0.2) is 32.2 Å². The maximum absolute atomic E-state index is 12.4. The minimum atomic E-state index is -4.88. The molecule has 0 saturated carbocycles. The molecule has 0 fully saturated rings. The minimum absolute atomic E-state index is 0.187. The van der Waals surface area contributed by atoms with Crippen molar-refractivity contribution in [2.75, 3.05) is 0 Å². The lowest BCUT2D eigenvalue weighted by Crippen LogP contribution is -2.17. The summed E-state index contributed by atoms with van der Waals surface area (Å²) < 4.78 is 42.3. The molecule has 0 aliphatic rings. The van der Waals surface area contributed by atoms with Gasteiger partial charge in [0.05, 0.1) is 17.6 Å². The monoisotopic (exact) mass is 383 g/mol. The average molecular weight is 384 g/mol. The van der Waals surface area contributed by atoms with Gasteiger partial charge in [-0.25, -0.2) is 9.48 Å². The van der Waals surface area contributed by atoms with Gasteiger partial charge in [0.15, 0.2) is 5.69 Å². The number of ether oxygens (including phenoxy) is 1. The Bertz CT molecular complexity index is 973. The van der Waals surface area contributed by atoms with Crippen LogP contribution in [0.2, 0.25) is 5.02 Å². The number of benzene rings is 1. The van der Waals surface area contributed by atoms with Crippen molar-refractivity contribution in [1.29, 1.82) is 0 Å². The minimum Gasteiger partial charge on any atom is -0.476 e. The second kappa shape index (κ2) is 6.68. The Kier molecular flexibility index (Phi) is 4.56. The van der Waals surface area contributed by atoms with Crippen LogP contribution in [0.3, 0.4) is 0 Å². The zero-order valence-electron chi connectivity index (χ0n) is 12.7. The molecule has 3 rings (SSSR count). The number of nitrogens with zero attached hydrogens (tertiary/aromatic N) is 3. The van der Waals surface area contributed by atoms with E-state index in [1.54, 1.807) is 18.2 Å². The van der Waals surface area contributed by atoms with Gasteiger partial charge in [0, 0.05) is 16.8 Å². The van der Waals surface area contributed by atoms with Crippen molar-refractivity contribution in [1.82, 2.24) is 14.8 Å². The standard InChI is InChI=1S/C16H9ClF3N3O3/c17-10-2-1-3-11(5-10)23-14(6-13(22-23)15(24)25)9-4-12(8-21-7-9)26-16(18,19)20/h1-8H,(H,24,25). The number of rotatable bonds is 4. The first kappa shape index (κ1) is 17.7. The van der Waals surface area contributed by atoms with Crippen molar-refractivity contribution in [2.24, 2.45) is 0 Å². The summed E-state index contributed by atoms with van der Waals surface area (Å²) in [6.45, 7) is 0. The molecule has 1 aromatic carbocycles. The van der Waals surface area contributed by atoms with Gasteiger partial charge >= 0.3 is 12.3 Å². The smallest absolute Gasteiger partial charge is 0.476 e. The lowest BCUT2D eigenvalue weighted by molar-refractivity contribution is -0.274. The highest BCUT2D eigenvalue weighted by Crippen LogP contribution is 2.29. The van der Waals surface area contributed by atoms with Crippen molar-refractivity contribution < 1.29 is 27.8 Å². The summed E-state index contributed by atoms with van der Waals surface area (Å²) >= 11 is 5.95. The van der Waals surface area contributed by atoms with Crippen molar-refractivity contribution in [2.45, 2.75) is 6.36 Å². The molecule has 134 valence electrons. The summed E-state index contributed by atoms with van der Waals surface area (Å²) in [4.78, 5) is 15.0. The van der Waals surface area contributed by atoms with Gasteiger partial charge in [0.2, 0.25) is 0 Å². The average Bonchev–Trinajstić information content (AvgIpc) is 2.99. The molecule has 0 amide bonds. The summed E-state index contributed by atoms with van der Waals surface area (Å²) in [7, 11) is 0. The van der Waals surface area contributed by atoms with Gasteiger partial charge in [-0.2, -0.15) is 5.10 Å². The first-order chi connectivity index (χ1) is 12.2. The van der Waals surface area contributed by atoms with Crippen LogP contribution in [0.25, 0.3) is 16.9 Å². The second-order valence-corrected chi connectivity index (χ2v) is 5.51. The van der Waals surface area contributed by atoms with Gasteiger partial charge < -0.3 is 9.84 Å². The van der Waals surface area contributed by atoms with Crippen molar-refractivity contribution in [3.05, 3.63) is 59.5 Å². The van der Waals surface area contributed by atoms with Crippen LogP contribution in [0, 0.1) is 0 Å². The van der Waals surface area contributed by atoms with Gasteiger partial charge in [-0.05, 0) is 30.3 Å². The van der Waals surface area contributed by atoms with Crippen LogP contribution in [-0.2, 0) is 0 Å². The Labute approximate surface area is 149 Å². The number of carboxylic acids is 1. The third kappa shape index (κ3) is 3.94. The molecule has 3 aromatic rings. The number of aromatic nitrogens is 3. The molecule has 0 aliphatic heterocycles. The number of aromatic carboxylic acids is 1. The molecule has 0 spiro atoms. The molecule has 0 aliphatic carbocycles. The van der Waals surface area contributed by atoms with Gasteiger partial charge in [0.1, 0.15) is 5.75 Å². The zero-order valence-corrected chi connectivity index (χ0v) is 13.5. The molecular weight excluding hydrogens is 375 g/mol. The fourth-order valence-corrected chi connectivity index (χ4v) is 2.43. The number of carboxylic acid groups (broad SMARTS) is 1. The molecule has 10 heteroatoms. The maximum Gasteiger partial charge on any atom is 0.573 e. The molecule has 2 aromatic heterocycles. The van der Waals surface area contributed by atoms with E-state index in [-0.39, 0.29) is 17.0 Å². The van der Waals surface area contributed by atoms with Crippen molar-refractivity contribution in [3.63, 3.8) is 0 Å². The number of halogens is 4. The van der Waals surface area contributed by atoms with E-state index in [0.717, 1.165) is 12.3 Å². The Hall–Kier alpha value is -3.07.